The van der Waals surface area contributed by atoms with Crippen molar-refractivity contribution in [1.82, 2.24) is 15.1 Å². The Hall–Kier alpha value is -3.43. The fourth-order valence-corrected chi connectivity index (χ4v) is 4.99. The number of hydrogen-bond donors (Lipinski definition) is 2. The normalized spacial score (nSPS) is 15.2. The summed E-state index contributed by atoms with van der Waals surface area (Å²) in [6.45, 7) is 8.92. The zero-order valence-electron chi connectivity index (χ0n) is 22.0. The zero-order valence-corrected chi connectivity index (χ0v) is 22.7. The van der Waals surface area contributed by atoms with E-state index in [4.69, 9.17) is 16.0 Å². The van der Waals surface area contributed by atoms with Crippen LogP contribution in [0, 0.1) is 5.41 Å². The van der Waals surface area contributed by atoms with Crippen LogP contribution in [0.2, 0.25) is 5.02 Å². The van der Waals surface area contributed by atoms with Crippen LogP contribution in [0.4, 0.5) is 16.5 Å². The lowest BCUT2D eigenvalue weighted by Gasteiger charge is -2.42. The average molecular weight is 540 g/mol. The number of carbonyl (C=O) groups is 2. The Morgan fingerprint density at radius 1 is 1.05 bits per heavy atom. The molecule has 1 fully saturated rings. The highest BCUT2D eigenvalue weighted by molar-refractivity contribution is 6.30. The van der Waals surface area contributed by atoms with E-state index < -0.39 is 6.09 Å². The molecular weight excluding hydrogens is 506 g/mol. The topological polar surface area (TPSA) is 112 Å². The lowest BCUT2D eigenvalue weighted by molar-refractivity contribution is 0.0746. The second kappa shape index (κ2) is 12.0. The summed E-state index contributed by atoms with van der Waals surface area (Å²) < 4.78 is 5.77. The van der Waals surface area contributed by atoms with Crippen molar-refractivity contribution in [3.63, 3.8) is 0 Å². The number of hydrogen-bond acceptors (Lipinski definition) is 6. The summed E-state index contributed by atoms with van der Waals surface area (Å²) in [5, 5.41) is 21.4. The summed E-state index contributed by atoms with van der Waals surface area (Å²) in [7, 11) is 0. The maximum atomic E-state index is 12.4. The Bertz CT molecular complexity index is 1230. The third-order valence-corrected chi connectivity index (χ3v) is 7.08. The monoisotopic (exact) mass is 539 g/mol. The van der Waals surface area contributed by atoms with E-state index in [0.29, 0.717) is 28.3 Å². The second-order valence-corrected chi connectivity index (χ2v) is 11.1. The molecule has 1 unspecified atom stereocenters. The van der Waals surface area contributed by atoms with Crippen LogP contribution in [0.3, 0.4) is 0 Å². The highest BCUT2D eigenvalue weighted by Gasteiger charge is 2.33. The van der Waals surface area contributed by atoms with Gasteiger partial charge in [-0.1, -0.05) is 43.9 Å². The number of carbonyl (C=O) groups excluding carboxylic acids is 1. The predicted molar refractivity (Wildman–Crippen MR) is 148 cm³/mol. The summed E-state index contributed by atoms with van der Waals surface area (Å²) in [6.07, 6.45) is 3.12. The lowest BCUT2D eigenvalue weighted by Crippen LogP contribution is -2.48. The van der Waals surface area contributed by atoms with Gasteiger partial charge in [-0.05, 0) is 86.3 Å². The second-order valence-electron chi connectivity index (χ2n) is 10.6. The molecule has 0 saturated carbocycles. The summed E-state index contributed by atoms with van der Waals surface area (Å²) in [5.74, 6) is -0.0602. The van der Waals surface area contributed by atoms with Gasteiger partial charge in [0, 0.05) is 34.4 Å². The van der Waals surface area contributed by atoms with Crippen LogP contribution in [0.1, 0.15) is 56.8 Å². The van der Waals surface area contributed by atoms with E-state index in [2.05, 4.69) is 41.2 Å². The number of piperidine rings is 1. The first-order valence-electron chi connectivity index (χ1n) is 12.9. The first-order chi connectivity index (χ1) is 18.1. The van der Waals surface area contributed by atoms with E-state index in [-0.39, 0.29) is 35.8 Å². The van der Waals surface area contributed by atoms with Crippen molar-refractivity contribution in [2.45, 2.75) is 52.5 Å². The fraction of sp³-hybridized carbons (Fsp3) is 0.429. The van der Waals surface area contributed by atoms with Gasteiger partial charge in [0.1, 0.15) is 0 Å². The van der Waals surface area contributed by atoms with Crippen LogP contribution >= 0.6 is 11.6 Å². The van der Waals surface area contributed by atoms with Gasteiger partial charge in [0.05, 0.1) is 0 Å². The van der Waals surface area contributed by atoms with Crippen LogP contribution in [0.5, 0.6) is 0 Å². The van der Waals surface area contributed by atoms with Crippen molar-refractivity contribution in [2.24, 2.45) is 5.41 Å². The lowest BCUT2D eigenvalue weighted by atomic mass is 9.82. The molecule has 4 rings (SSSR count). The highest BCUT2D eigenvalue weighted by atomic mass is 35.5. The largest absolute Gasteiger partial charge is 0.465 e. The van der Waals surface area contributed by atoms with E-state index in [1.165, 1.54) is 19.3 Å². The van der Waals surface area contributed by atoms with Gasteiger partial charge in [-0.15, -0.1) is 5.10 Å². The number of halogens is 1. The quantitative estimate of drug-likeness (QED) is 0.340. The molecule has 2 N–H and O–H groups in total. The van der Waals surface area contributed by atoms with Gasteiger partial charge in [0.2, 0.25) is 5.89 Å². The number of nitrogens with one attached hydrogen (secondary N) is 1. The van der Waals surface area contributed by atoms with Gasteiger partial charge >= 0.3 is 12.1 Å². The maximum Gasteiger partial charge on any atom is 0.415 e. The maximum absolute atomic E-state index is 12.4. The Morgan fingerprint density at radius 3 is 2.32 bits per heavy atom. The van der Waals surface area contributed by atoms with Gasteiger partial charge in [0.25, 0.3) is 5.91 Å². The van der Waals surface area contributed by atoms with Crippen LogP contribution in [-0.2, 0) is 0 Å². The molecule has 0 spiro atoms. The van der Waals surface area contributed by atoms with Crippen LogP contribution in [0.15, 0.2) is 52.9 Å². The number of benzene rings is 2. The van der Waals surface area contributed by atoms with Gasteiger partial charge in [-0.3, -0.25) is 9.69 Å². The summed E-state index contributed by atoms with van der Waals surface area (Å²) in [5.41, 5.74) is 1.69. The number of anilines is 2. The minimum absolute atomic E-state index is 0.00619. The molecule has 0 bridgehead atoms. The Balaban J connectivity index is 1.42. The first-order valence-corrected chi connectivity index (χ1v) is 13.2. The molecule has 1 atom stereocenters. The van der Waals surface area contributed by atoms with E-state index in [1.54, 1.807) is 48.5 Å². The number of nitrogens with zero attached hydrogens (tertiary/aromatic N) is 4. The zero-order chi connectivity index (χ0) is 27.3. The summed E-state index contributed by atoms with van der Waals surface area (Å²) >= 11 is 5.88. The highest BCUT2D eigenvalue weighted by Crippen LogP contribution is 2.31. The molecule has 2 amide bonds. The van der Waals surface area contributed by atoms with Gasteiger partial charge in [0.15, 0.2) is 0 Å². The third-order valence-electron chi connectivity index (χ3n) is 6.83. The molecule has 38 heavy (non-hydrogen) atoms. The molecule has 202 valence electrons. The van der Waals surface area contributed by atoms with Gasteiger partial charge in [-0.2, -0.15) is 0 Å². The molecule has 2 heterocycles. The summed E-state index contributed by atoms with van der Waals surface area (Å²) in [6, 6.07) is 13.7. The van der Waals surface area contributed by atoms with E-state index in [9.17, 15) is 14.7 Å². The van der Waals surface area contributed by atoms with Crippen LogP contribution in [-0.4, -0.2) is 57.9 Å². The van der Waals surface area contributed by atoms with Crippen LogP contribution in [0.25, 0.3) is 11.5 Å². The first kappa shape index (κ1) is 27.6. The SMILES string of the molecule is CC(C)(C)C(CCN(C(=O)O)c1nnc(-c2ccc(NC(=O)c3ccc(Cl)cc3)cc2)o1)N1CCCCC1. The van der Waals surface area contributed by atoms with Gasteiger partial charge in [-0.25, -0.2) is 9.69 Å². The summed E-state index contributed by atoms with van der Waals surface area (Å²) in [4.78, 5) is 28.1. The smallest absolute Gasteiger partial charge is 0.415 e. The van der Waals surface area contributed by atoms with Crippen molar-refractivity contribution in [1.29, 1.82) is 0 Å². The van der Waals surface area contributed by atoms with Crippen molar-refractivity contribution in [2.75, 3.05) is 29.9 Å². The molecule has 1 aliphatic heterocycles. The average Bonchev–Trinajstić information content (AvgIpc) is 3.37. The molecule has 0 radical (unpaired) electrons. The molecule has 1 aliphatic rings. The van der Waals surface area contributed by atoms with Crippen molar-refractivity contribution in [3.05, 3.63) is 59.1 Å². The van der Waals surface area contributed by atoms with E-state index >= 15 is 0 Å². The molecule has 2 aromatic carbocycles. The van der Waals surface area contributed by atoms with E-state index in [1.807, 2.05) is 0 Å². The molecule has 10 heteroatoms. The Kier molecular flexibility index (Phi) is 8.69. The predicted octanol–water partition coefficient (Wildman–Crippen LogP) is 6.42. The van der Waals surface area contributed by atoms with Crippen molar-refractivity contribution < 1.29 is 19.1 Å². The standard InChI is InChI=1S/C28H34ClN5O4/c1-28(2,3)23(33-16-5-4-6-17-33)15-18-34(27(36)37)26-32-31-25(38-26)20-9-13-22(14-10-20)30-24(35)19-7-11-21(29)12-8-19/h7-14,23H,4-6,15-18H2,1-3H3,(H,30,35)(H,36,37). The molecule has 3 aromatic rings. The number of amides is 2. The Morgan fingerprint density at radius 2 is 1.71 bits per heavy atom. The molecule has 1 saturated heterocycles. The Labute approximate surface area is 227 Å². The third kappa shape index (κ3) is 6.90. The number of carboxylic acid groups (broad SMARTS) is 1. The van der Waals surface area contributed by atoms with Crippen molar-refractivity contribution in [3.8, 4) is 11.5 Å². The molecule has 9 nitrogen and oxygen atoms in total. The van der Waals surface area contributed by atoms with Crippen molar-refractivity contribution >= 4 is 35.3 Å². The minimum Gasteiger partial charge on any atom is -0.465 e. The van der Waals surface area contributed by atoms with Crippen LogP contribution < -0.4 is 10.2 Å². The van der Waals surface area contributed by atoms with E-state index in [0.717, 1.165) is 18.0 Å². The minimum atomic E-state index is -1.13. The fourth-order valence-electron chi connectivity index (χ4n) is 4.86. The number of aromatic nitrogens is 2. The van der Waals surface area contributed by atoms with Gasteiger partial charge < -0.3 is 14.8 Å². The number of rotatable bonds is 8. The molecule has 1 aromatic heterocycles. The molecule has 0 aliphatic carbocycles. The molecular formula is C28H34ClN5O4. The number of likely N-dealkylation sites (tertiary alicyclic amines) is 1.